The third kappa shape index (κ3) is 5.69. The number of likely N-dealkylation sites (N-methyl/N-ethyl adjacent to an activating group) is 1. The van der Waals surface area contributed by atoms with Crippen LogP contribution < -0.4 is 4.74 Å². The number of nitriles is 1. The van der Waals surface area contributed by atoms with E-state index >= 15 is 0 Å². The van der Waals surface area contributed by atoms with E-state index < -0.39 is 12.0 Å². The summed E-state index contributed by atoms with van der Waals surface area (Å²) in [7, 11) is 6.61. The van der Waals surface area contributed by atoms with Gasteiger partial charge >= 0.3 is 0 Å². The number of hydrogen-bond donors (Lipinski definition) is 0. The average molecular weight is 474 g/mol. The Morgan fingerprint density at radius 3 is 2.47 bits per heavy atom. The Labute approximate surface area is 201 Å². The summed E-state index contributed by atoms with van der Waals surface area (Å²) >= 11 is 0. The minimum absolute atomic E-state index is 0.0441. The fourth-order valence-corrected chi connectivity index (χ4v) is 4.63. The lowest BCUT2D eigenvalue weighted by molar-refractivity contribution is -0.147. The standard InChI is InChI=1S/C25H35N3O6/c1-16-21(32-5)14-28(3)25(30)19-8-6-7-17(13-26)23(19)33-15-22-20(31-4)10-9-18(34-22)11-12-27(2)24(16)29/h6-8,16,18,20-22H,9-12,14-15H2,1-5H3/t16-,18-,20+,21-,22+/m0/s1. The Bertz CT molecular complexity index is 916. The molecule has 1 saturated heterocycles. The molecule has 0 aromatic heterocycles. The van der Waals surface area contributed by atoms with Crippen molar-refractivity contribution in [3.8, 4) is 11.8 Å². The largest absolute Gasteiger partial charge is 0.489 e. The first-order valence-corrected chi connectivity index (χ1v) is 11.7. The molecule has 2 aliphatic heterocycles. The third-order valence-corrected chi connectivity index (χ3v) is 6.83. The molecule has 2 aliphatic rings. The molecule has 9 nitrogen and oxygen atoms in total. The Hall–Kier alpha value is -2.67. The lowest BCUT2D eigenvalue weighted by atomic mass is 9.98. The summed E-state index contributed by atoms with van der Waals surface area (Å²) in [5, 5.41) is 9.66. The molecule has 0 saturated carbocycles. The smallest absolute Gasteiger partial charge is 0.257 e. The third-order valence-electron chi connectivity index (χ3n) is 6.83. The molecule has 1 fully saturated rings. The van der Waals surface area contributed by atoms with Crippen LogP contribution in [0.5, 0.6) is 5.75 Å². The van der Waals surface area contributed by atoms with E-state index in [1.165, 1.54) is 12.0 Å². The normalized spacial score (nSPS) is 29.2. The second-order valence-electron chi connectivity index (χ2n) is 9.05. The first-order chi connectivity index (χ1) is 16.3. The number of rotatable bonds is 2. The molecule has 5 atom stereocenters. The highest BCUT2D eigenvalue weighted by molar-refractivity contribution is 5.97. The summed E-state index contributed by atoms with van der Waals surface area (Å²) in [4.78, 5) is 29.7. The molecule has 0 radical (unpaired) electrons. The van der Waals surface area contributed by atoms with Crippen LogP contribution in [0.1, 0.15) is 42.1 Å². The second kappa shape index (κ2) is 11.6. The van der Waals surface area contributed by atoms with E-state index in [1.807, 2.05) is 6.92 Å². The molecule has 2 amide bonds. The molecule has 1 aromatic carbocycles. The molecule has 186 valence electrons. The first kappa shape index (κ1) is 25.9. The van der Waals surface area contributed by atoms with E-state index in [0.29, 0.717) is 13.0 Å². The van der Waals surface area contributed by atoms with Crippen molar-refractivity contribution < 1.29 is 28.5 Å². The van der Waals surface area contributed by atoms with E-state index in [-0.39, 0.29) is 60.2 Å². The molecular formula is C25H35N3O6. The van der Waals surface area contributed by atoms with Crippen molar-refractivity contribution >= 4 is 11.8 Å². The molecule has 0 N–H and O–H groups in total. The Morgan fingerprint density at radius 1 is 1.06 bits per heavy atom. The highest BCUT2D eigenvalue weighted by Gasteiger charge is 2.34. The van der Waals surface area contributed by atoms with Crippen LogP contribution in [0.3, 0.4) is 0 Å². The average Bonchev–Trinajstić information content (AvgIpc) is 2.86. The number of fused-ring (bicyclic) bond motifs is 3. The summed E-state index contributed by atoms with van der Waals surface area (Å²) in [5.41, 5.74) is 0.552. The topological polar surface area (TPSA) is 101 Å². The Morgan fingerprint density at radius 2 is 1.79 bits per heavy atom. The maximum Gasteiger partial charge on any atom is 0.257 e. The van der Waals surface area contributed by atoms with Gasteiger partial charge in [0.15, 0.2) is 0 Å². The second-order valence-corrected chi connectivity index (χ2v) is 9.05. The van der Waals surface area contributed by atoms with Crippen molar-refractivity contribution in [2.45, 2.75) is 50.6 Å². The van der Waals surface area contributed by atoms with Crippen molar-refractivity contribution in [2.75, 3.05) is 48.0 Å². The number of hydrogen-bond acceptors (Lipinski definition) is 7. The minimum Gasteiger partial charge on any atom is -0.489 e. The summed E-state index contributed by atoms with van der Waals surface area (Å²) in [6, 6.07) is 7.04. The Kier molecular flexibility index (Phi) is 8.89. The van der Waals surface area contributed by atoms with Gasteiger partial charge in [0.2, 0.25) is 5.91 Å². The summed E-state index contributed by atoms with van der Waals surface area (Å²) in [6.45, 7) is 2.72. The van der Waals surface area contributed by atoms with Gasteiger partial charge in [-0.2, -0.15) is 5.26 Å². The van der Waals surface area contributed by atoms with E-state index in [2.05, 4.69) is 6.07 Å². The monoisotopic (exact) mass is 473 g/mol. The van der Waals surface area contributed by atoms with E-state index in [4.69, 9.17) is 18.9 Å². The molecule has 1 aromatic rings. The van der Waals surface area contributed by atoms with Crippen molar-refractivity contribution in [2.24, 2.45) is 5.92 Å². The summed E-state index contributed by atoms with van der Waals surface area (Å²) < 4.78 is 23.6. The highest BCUT2D eigenvalue weighted by atomic mass is 16.6. The van der Waals surface area contributed by atoms with Crippen LogP contribution in [-0.2, 0) is 19.0 Å². The van der Waals surface area contributed by atoms with E-state index in [9.17, 15) is 14.9 Å². The fraction of sp³-hybridized carbons (Fsp3) is 0.640. The van der Waals surface area contributed by atoms with Gasteiger partial charge in [0.25, 0.3) is 5.91 Å². The van der Waals surface area contributed by atoms with Crippen LogP contribution in [0, 0.1) is 17.2 Å². The molecular weight excluding hydrogens is 438 g/mol. The SMILES string of the molecule is CO[C@H]1CN(C)C(=O)c2cccc(C#N)c2OC[C@H]2O[C@@H](CC[C@H]2OC)CCN(C)C(=O)[C@H]1C. The number of ether oxygens (including phenoxy) is 4. The van der Waals surface area contributed by atoms with Crippen LogP contribution in [0.15, 0.2) is 18.2 Å². The van der Waals surface area contributed by atoms with Crippen LogP contribution >= 0.6 is 0 Å². The molecule has 0 unspecified atom stereocenters. The molecule has 2 bridgehead atoms. The van der Waals surface area contributed by atoms with E-state index in [1.54, 1.807) is 44.3 Å². The lowest BCUT2D eigenvalue weighted by Crippen LogP contribution is -2.47. The van der Waals surface area contributed by atoms with Crippen LogP contribution in [0.4, 0.5) is 0 Å². The fourth-order valence-electron chi connectivity index (χ4n) is 4.63. The van der Waals surface area contributed by atoms with Gasteiger partial charge < -0.3 is 28.7 Å². The summed E-state index contributed by atoms with van der Waals surface area (Å²) in [5.74, 6) is -0.582. The predicted octanol–water partition coefficient (Wildman–Crippen LogP) is 2.08. The number of para-hydroxylation sites is 1. The molecule has 34 heavy (non-hydrogen) atoms. The predicted molar refractivity (Wildman–Crippen MR) is 125 cm³/mol. The van der Waals surface area contributed by atoms with Crippen molar-refractivity contribution in [1.29, 1.82) is 5.26 Å². The molecule has 9 heteroatoms. The van der Waals surface area contributed by atoms with Gasteiger partial charge in [-0.15, -0.1) is 0 Å². The van der Waals surface area contributed by atoms with Gasteiger partial charge in [-0.25, -0.2) is 0 Å². The van der Waals surface area contributed by atoms with Gasteiger partial charge in [0, 0.05) is 41.4 Å². The number of methoxy groups -OCH3 is 2. The number of nitrogens with zero attached hydrogens (tertiary/aromatic N) is 3. The zero-order valence-electron chi connectivity index (χ0n) is 20.7. The van der Waals surface area contributed by atoms with Crippen molar-refractivity contribution in [3.63, 3.8) is 0 Å². The highest BCUT2D eigenvalue weighted by Crippen LogP contribution is 2.29. The van der Waals surface area contributed by atoms with Gasteiger partial charge in [0.1, 0.15) is 24.5 Å². The molecule has 0 aliphatic carbocycles. The van der Waals surface area contributed by atoms with Gasteiger partial charge in [0.05, 0.1) is 35.4 Å². The van der Waals surface area contributed by atoms with Gasteiger partial charge in [-0.05, 0) is 31.4 Å². The van der Waals surface area contributed by atoms with Gasteiger partial charge in [-0.1, -0.05) is 13.0 Å². The number of carbonyl (C=O) groups is 2. The van der Waals surface area contributed by atoms with Crippen LogP contribution in [0.25, 0.3) is 0 Å². The molecule has 3 rings (SSSR count). The van der Waals surface area contributed by atoms with E-state index in [0.717, 1.165) is 12.8 Å². The number of benzene rings is 1. The molecule has 0 spiro atoms. The van der Waals surface area contributed by atoms with Crippen LogP contribution in [0.2, 0.25) is 0 Å². The summed E-state index contributed by atoms with van der Waals surface area (Å²) in [6.07, 6.45) is 1.25. The maximum absolute atomic E-state index is 13.4. The first-order valence-electron chi connectivity index (χ1n) is 11.7. The lowest BCUT2D eigenvalue weighted by Gasteiger charge is -2.37. The number of amides is 2. The van der Waals surface area contributed by atoms with Crippen molar-refractivity contribution in [1.82, 2.24) is 9.80 Å². The van der Waals surface area contributed by atoms with Crippen molar-refractivity contribution in [3.05, 3.63) is 29.3 Å². The number of carbonyl (C=O) groups excluding carboxylic acids is 2. The molecule has 2 heterocycles. The van der Waals surface area contributed by atoms with Crippen LogP contribution in [-0.4, -0.2) is 94.0 Å². The maximum atomic E-state index is 13.4. The zero-order valence-corrected chi connectivity index (χ0v) is 20.7. The van der Waals surface area contributed by atoms with Gasteiger partial charge in [-0.3, -0.25) is 9.59 Å². The zero-order chi connectivity index (χ0) is 24.8. The Balaban J connectivity index is 1.98. The minimum atomic E-state index is -0.488. The quantitative estimate of drug-likeness (QED) is 0.648.